The van der Waals surface area contributed by atoms with Crippen molar-refractivity contribution in [2.24, 2.45) is 5.92 Å². The van der Waals surface area contributed by atoms with Crippen molar-refractivity contribution < 1.29 is 4.79 Å². The van der Waals surface area contributed by atoms with Gasteiger partial charge in [0.25, 0.3) is 0 Å². The number of hydrogen-bond donors (Lipinski definition) is 1. The molecule has 1 amide bonds. The summed E-state index contributed by atoms with van der Waals surface area (Å²) in [5.41, 5.74) is 0. The minimum absolute atomic E-state index is 0.200. The third kappa shape index (κ3) is 4.64. The highest BCUT2D eigenvalue weighted by Gasteiger charge is 2.17. The summed E-state index contributed by atoms with van der Waals surface area (Å²) in [6, 6.07) is 2.06. The molecule has 0 bridgehead atoms. The summed E-state index contributed by atoms with van der Waals surface area (Å²) in [6.07, 6.45) is 3.10. The summed E-state index contributed by atoms with van der Waals surface area (Å²) < 4.78 is 1.09. The van der Waals surface area contributed by atoms with Crippen molar-refractivity contribution in [1.29, 1.82) is 0 Å². The van der Waals surface area contributed by atoms with Gasteiger partial charge in [-0.25, -0.2) is 0 Å². The molecule has 0 radical (unpaired) electrons. The zero-order valence-corrected chi connectivity index (χ0v) is 12.8. The average molecular weight is 334 g/mol. The molecule has 2 rings (SSSR count). The van der Waals surface area contributed by atoms with Gasteiger partial charge in [-0.05, 0) is 52.3 Å². The van der Waals surface area contributed by atoms with Crippen LogP contribution in [-0.2, 0) is 11.3 Å². The first-order valence-electron chi connectivity index (χ1n) is 5.81. The third-order valence-electron chi connectivity index (χ3n) is 2.90. The second-order valence-corrected chi connectivity index (χ2v) is 7.40. The van der Waals surface area contributed by atoms with Crippen LogP contribution in [0.1, 0.15) is 24.1 Å². The van der Waals surface area contributed by atoms with E-state index in [1.54, 1.807) is 11.3 Å². The van der Waals surface area contributed by atoms with Crippen molar-refractivity contribution >= 4 is 44.9 Å². The molecule has 1 N–H and O–H groups in total. The van der Waals surface area contributed by atoms with E-state index in [0.717, 1.165) is 4.47 Å². The van der Waals surface area contributed by atoms with Gasteiger partial charge in [-0.15, -0.1) is 11.3 Å². The molecule has 1 saturated heterocycles. The van der Waals surface area contributed by atoms with Gasteiger partial charge in [0.2, 0.25) is 5.91 Å². The van der Waals surface area contributed by atoms with Crippen LogP contribution in [0.15, 0.2) is 15.9 Å². The van der Waals surface area contributed by atoms with E-state index in [1.807, 2.05) is 17.1 Å². The predicted molar refractivity (Wildman–Crippen MR) is 78.5 cm³/mol. The maximum atomic E-state index is 11.8. The van der Waals surface area contributed by atoms with Gasteiger partial charge in [-0.3, -0.25) is 4.79 Å². The van der Waals surface area contributed by atoms with Crippen molar-refractivity contribution in [3.05, 3.63) is 20.8 Å². The topological polar surface area (TPSA) is 29.1 Å². The lowest BCUT2D eigenvalue weighted by Crippen LogP contribution is -2.26. The van der Waals surface area contributed by atoms with E-state index >= 15 is 0 Å². The summed E-state index contributed by atoms with van der Waals surface area (Å²) in [6.45, 7) is 0.663. The maximum absolute atomic E-state index is 11.8. The van der Waals surface area contributed by atoms with Crippen molar-refractivity contribution in [3.63, 3.8) is 0 Å². The molecule has 94 valence electrons. The van der Waals surface area contributed by atoms with E-state index in [0.29, 0.717) is 18.9 Å². The molecule has 1 aromatic rings. The number of amides is 1. The zero-order chi connectivity index (χ0) is 12.1. The Hall–Kier alpha value is -0.0000000000000000833. The summed E-state index contributed by atoms with van der Waals surface area (Å²) >= 11 is 7.09. The molecule has 2 heterocycles. The van der Waals surface area contributed by atoms with Gasteiger partial charge >= 0.3 is 0 Å². The predicted octanol–water partition coefficient (Wildman–Crippen LogP) is 3.66. The van der Waals surface area contributed by atoms with Crippen LogP contribution in [0.5, 0.6) is 0 Å². The Labute approximate surface area is 119 Å². The lowest BCUT2D eigenvalue weighted by Gasteiger charge is -2.20. The minimum Gasteiger partial charge on any atom is -0.351 e. The number of carbonyl (C=O) groups is 1. The number of thioether (sulfide) groups is 1. The van der Waals surface area contributed by atoms with Crippen molar-refractivity contribution in [2.75, 3.05) is 11.5 Å². The van der Waals surface area contributed by atoms with Crippen LogP contribution in [0, 0.1) is 5.92 Å². The molecule has 0 unspecified atom stereocenters. The van der Waals surface area contributed by atoms with Gasteiger partial charge in [-0.2, -0.15) is 11.8 Å². The Kier molecular flexibility index (Phi) is 5.38. The molecule has 0 aromatic carbocycles. The Balaban J connectivity index is 1.70. The van der Waals surface area contributed by atoms with E-state index in [4.69, 9.17) is 0 Å². The molecule has 1 fully saturated rings. The summed E-state index contributed by atoms with van der Waals surface area (Å²) in [4.78, 5) is 13.0. The molecule has 0 saturated carbocycles. The fourth-order valence-electron chi connectivity index (χ4n) is 1.92. The first-order valence-corrected chi connectivity index (χ1v) is 8.64. The van der Waals surface area contributed by atoms with E-state index in [1.165, 1.54) is 29.2 Å². The van der Waals surface area contributed by atoms with Crippen molar-refractivity contribution in [2.45, 2.75) is 25.8 Å². The van der Waals surface area contributed by atoms with Gasteiger partial charge < -0.3 is 5.32 Å². The summed E-state index contributed by atoms with van der Waals surface area (Å²) in [5.74, 6) is 3.24. The van der Waals surface area contributed by atoms with E-state index in [2.05, 4.69) is 27.3 Å². The van der Waals surface area contributed by atoms with E-state index < -0.39 is 0 Å². The second-order valence-electron chi connectivity index (χ2n) is 4.27. The highest BCUT2D eigenvalue weighted by atomic mass is 79.9. The molecular weight excluding hydrogens is 318 g/mol. The lowest BCUT2D eigenvalue weighted by molar-refractivity contribution is -0.122. The Bertz CT molecular complexity index is 374. The van der Waals surface area contributed by atoms with Gasteiger partial charge in [-0.1, -0.05) is 0 Å². The molecule has 0 atom stereocenters. The average Bonchev–Trinajstić information content (AvgIpc) is 2.74. The Morgan fingerprint density at radius 1 is 1.47 bits per heavy atom. The number of nitrogens with one attached hydrogen (secondary N) is 1. The molecule has 0 spiro atoms. The van der Waals surface area contributed by atoms with Crippen LogP contribution >= 0.6 is 39.0 Å². The van der Waals surface area contributed by atoms with Gasteiger partial charge in [0.05, 0.1) is 6.54 Å². The summed E-state index contributed by atoms with van der Waals surface area (Å²) in [7, 11) is 0. The molecular formula is C12H16BrNOS2. The van der Waals surface area contributed by atoms with Gasteiger partial charge in [0.1, 0.15) is 0 Å². The van der Waals surface area contributed by atoms with Crippen LogP contribution in [0.4, 0.5) is 0 Å². The molecule has 17 heavy (non-hydrogen) atoms. The standard InChI is InChI=1S/C12H16BrNOS2/c13-10-6-11(17-8-10)7-14-12(15)5-9-1-3-16-4-2-9/h6,8-9H,1-5,7H2,(H,14,15). The zero-order valence-electron chi connectivity index (χ0n) is 9.58. The van der Waals surface area contributed by atoms with Crippen LogP contribution in [0.25, 0.3) is 0 Å². The molecule has 1 aromatic heterocycles. The van der Waals surface area contributed by atoms with Crippen LogP contribution in [0.3, 0.4) is 0 Å². The van der Waals surface area contributed by atoms with Crippen LogP contribution < -0.4 is 5.32 Å². The first kappa shape index (κ1) is 13.4. The van der Waals surface area contributed by atoms with Crippen molar-refractivity contribution in [1.82, 2.24) is 5.32 Å². The van der Waals surface area contributed by atoms with E-state index in [9.17, 15) is 4.79 Å². The number of hydrogen-bond acceptors (Lipinski definition) is 3. The minimum atomic E-state index is 0.200. The fourth-order valence-corrected chi connectivity index (χ4v) is 4.51. The van der Waals surface area contributed by atoms with E-state index in [-0.39, 0.29) is 5.91 Å². The molecule has 0 aliphatic carbocycles. The smallest absolute Gasteiger partial charge is 0.220 e. The summed E-state index contributed by atoms with van der Waals surface area (Å²) in [5, 5.41) is 5.04. The third-order valence-corrected chi connectivity index (χ3v) is 5.64. The SMILES string of the molecule is O=C(CC1CCSCC1)NCc1cc(Br)cs1. The molecule has 1 aliphatic rings. The molecule has 1 aliphatic heterocycles. The number of thiophene rings is 1. The van der Waals surface area contributed by atoms with Crippen molar-refractivity contribution in [3.8, 4) is 0 Å². The second kappa shape index (κ2) is 6.81. The number of halogens is 1. The Morgan fingerprint density at radius 2 is 2.24 bits per heavy atom. The normalized spacial score (nSPS) is 17.0. The number of carbonyl (C=O) groups excluding carboxylic acids is 1. The highest BCUT2D eigenvalue weighted by Crippen LogP contribution is 2.25. The van der Waals surface area contributed by atoms with Crippen LogP contribution in [-0.4, -0.2) is 17.4 Å². The van der Waals surface area contributed by atoms with Gasteiger partial charge in [0, 0.05) is 21.2 Å². The fraction of sp³-hybridized carbons (Fsp3) is 0.583. The molecule has 2 nitrogen and oxygen atoms in total. The first-order chi connectivity index (χ1) is 8.24. The number of rotatable bonds is 4. The van der Waals surface area contributed by atoms with Gasteiger partial charge in [0.15, 0.2) is 0 Å². The van der Waals surface area contributed by atoms with Crippen LogP contribution in [0.2, 0.25) is 0 Å². The largest absolute Gasteiger partial charge is 0.351 e. The Morgan fingerprint density at radius 3 is 2.88 bits per heavy atom. The monoisotopic (exact) mass is 333 g/mol. The maximum Gasteiger partial charge on any atom is 0.220 e. The highest BCUT2D eigenvalue weighted by molar-refractivity contribution is 9.10. The quantitative estimate of drug-likeness (QED) is 0.910. The lowest BCUT2D eigenvalue weighted by atomic mass is 9.98. The molecule has 5 heteroatoms.